The number of imidazole rings is 1. The summed E-state index contributed by atoms with van der Waals surface area (Å²) in [6.45, 7) is 4.36. The summed E-state index contributed by atoms with van der Waals surface area (Å²) < 4.78 is 2.13. The summed E-state index contributed by atoms with van der Waals surface area (Å²) in [6, 6.07) is 11.1. The van der Waals surface area contributed by atoms with E-state index < -0.39 is 0 Å². The van der Waals surface area contributed by atoms with Crippen LogP contribution in [-0.4, -0.2) is 31.6 Å². The van der Waals surface area contributed by atoms with Gasteiger partial charge in [-0.2, -0.15) is 9.97 Å². The third-order valence-corrected chi connectivity index (χ3v) is 5.63. The molecule has 1 aliphatic rings. The lowest BCUT2D eigenvalue weighted by Gasteiger charge is -2.27. The predicted octanol–water partition coefficient (Wildman–Crippen LogP) is 4.22. The Balaban J connectivity index is 1.70. The first-order valence-corrected chi connectivity index (χ1v) is 10.2. The van der Waals surface area contributed by atoms with Gasteiger partial charge in [0.25, 0.3) is 0 Å². The van der Waals surface area contributed by atoms with Gasteiger partial charge in [0.15, 0.2) is 17.0 Å². The summed E-state index contributed by atoms with van der Waals surface area (Å²) in [6.07, 6.45) is 7.07. The average molecular weight is 380 g/mol. The first kappa shape index (κ1) is 18.7. The van der Waals surface area contributed by atoms with Gasteiger partial charge in [0.2, 0.25) is 5.95 Å². The normalized spacial score (nSPS) is 20.8. The van der Waals surface area contributed by atoms with Gasteiger partial charge in [-0.05, 0) is 51.2 Å². The second kappa shape index (κ2) is 8.14. The van der Waals surface area contributed by atoms with E-state index in [1.807, 2.05) is 36.7 Å². The molecule has 2 heterocycles. The Morgan fingerprint density at radius 2 is 1.89 bits per heavy atom. The van der Waals surface area contributed by atoms with Crippen LogP contribution in [0.2, 0.25) is 0 Å². The molecule has 4 rings (SSSR count). The third kappa shape index (κ3) is 3.94. The van der Waals surface area contributed by atoms with E-state index in [1.54, 1.807) is 0 Å². The quantitative estimate of drug-likeness (QED) is 0.594. The molecule has 1 fully saturated rings. The fraction of sp³-hybridized carbons (Fsp3) is 0.476. The molecule has 148 valence electrons. The summed E-state index contributed by atoms with van der Waals surface area (Å²) in [4.78, 5) is 14.2. The highest BCUT2D eigenvalue weighted by atomic mass is 15.2. The maximum atomic E-state index is 6.05. The number of hydrogen-bond acceptors (Lipinski definition) is 6. The second-order valence-corrected chi connectivity index (χ2v) is 7.72. The zero-order valence-corrected chi connectivity index (χ0v) is 16.6. The topological polar surface area (TPSA) is 93.7 Å². The Morgan fingerprint density at radius 1 is 1.14 bits per heavy atom. The SMILES string of the molecule is CCC(C)n1cnc2c(Nc3ccccc3)nc(N[C@H]3CC[C@H](N)CC3)nc21. The molecule has 2 aromatic heterocycles. The Hall–Kier alpha value is -2.67. The third-order valence-electron chi connectivity index (χ3n) is 5.63. The monoisotopic (exact) mass is 379 g/mol. The highest BCUT2D eigenvalue weighted by molar-refractivity contribution is 5.86. The van der Waals surface area contributed by atoms with E-state index in [-0.39, 0.29) is 0 Å². The van der Waals surface area contributed by atoms with Crippen LogP contribution in [0.1, 0.15) is 52.0 Å². The van der Waals surface area contributed by atoms with Gasteiger partial charge < -0.3 is 20.9 Å². The van der Waals surface area contributed by atoms with Crippen molar-refractivity contribution in [2.45, 2.75) is 64.1 Å². The van der Waals surface area contributed by atoms with Gasteiger partial charge >= 0.3 is 0 Å². The van der Waals surface area contributed by atoms with E-state index in [2.05, 4.69) is 34.0 Å². The van der Waals surface area contributed by atoms with E-state index >= 15 is 0 Å². The number of hydrogen-bond donors (Lipinski definition) is 3. The second-order valence-electron chi connectivity index (χ2n) is 7.72. The van der Waals surface area contributed by atoms with E-state index in [1.165, 1.54) is 0 Å². The average Bonchev–Trinajstić information content (AvgIpc) is 3.14. The molecule has 1 aliphatic carbocycles. The molecule has 1 atom stereocenters. The summed E-state index contributed by atoms with van der Waals surface area (Å²) >= 11 is 0. The Bertz CT molecular complexity index is 913. The zero-order valence-electron chi connectivity index (χ0n) is 16.6. The standard InChI is InChI=1S/C21H29N7/c1-3-14(2)28-13-23-18-19(24-16-7-5-4-6-8-16)26-21(27-20(18)28)25-17-11-9-15(22)10-12-17/h4-8,13-15,17H,3,9-12,22H2,1-2H3,(H2,24,25,26,27)/t14?,15-,17-. The van der Waals surface area contributed by atoms with Crippen molar-refractivity contribution < 1.29 is 0 Å². The van der Waals surface area contributed by atoms with Crippen molar-refractivity contribution in [3.63, 3.8) is 0 Å². The molecule has 28 heavy (non-hydrogen) atoms. The zero-order chi connectivity index (χ0) is 19.5. The molecule has 0 bridgehead atoms. The van der Waals surface area contributed by atoms with Crippen LogP contribution in [0.15, 0.2) is 36.7 Å². The fourth-order valence-electron chi connectivity index (χ4n) is 3.69. The van der Waals surface area contributed by atoms with Crippen molar-refractivity contribution in [3.05, 3.63) is 36.7 Å². The number of aromatic nitrogens is 4. The summed E-state index contributed by atoms with van der Waals surface area (Å²) in [7, 11) is 0. The van der Waals surface area contributed by atoms with Crippen molar-refractivity contribution >= 4 is 28.6 Å². The van der Waals surface area contributed by atoms with Gasteiger partial charge in [0.1, 0.15) is 0 Å². The van der Waals surface area contributed by atoms with E-state index in [9.17, 15) is 0 Å². The number of para-hydroxylation sites is 1. The minimum atomic E-state index is 0.323. The Labute approximate surface area is 165 Å². The highest BCUT2D eigenvalue weighted by Gasteiger charge is 2.21. The van der Waals surface area contributed by atoms with Crippen LogP contribution in [0.4, 0.5) is 17.5 Å². The number of nitrogens with zero attached hydrogens (tertiary/aromatic N) is 4. The highest BCUT2D eigenvalue weighted by Crippen LogP contribution is 2.28. The van der Waals surface area contributed by atoms with Crippen molar-refractivity contribution in [2.24, 2.45) is 5.73 Å². The number of nitrogens with two attached hydrogens (primary N) is 1. The fourth-order valence-corrected chi connectivity index (χ4v) is 3.69. The lowest BCUT2D eigenvalue weighted by molar-refractivity contribution is 0.410. The van der Waals surface area contributed by atoms with Crippen LogP contribution in [0, 0.1) is 0 Å². The number of rotatable bonds is 6. The van der Waals surface area contributed by atoms with Gasteiger partial charge in [-0.25, -0.2) is 4.98 Å². The van der Waals surface area contributed by atoms with Crippen molar-refractivity contribution in [3.8, 4) is 0 Å². The minimum Gasteiger partial charge on any atom is -0.351 e. The molecule has 7 heteroatoms. The van der Waals surface area contributed by atoms with Gasteiger partial charge in [-0.1, -0.05) is 25.1 Å². The Kier molecular flexibility index (Phi) is 5.43. The summed E-state index contributed by atoms with van der Waals surface area (Å²) in [5.41, 5.74) is 8.68. The van der Waals surface area contributed by atoms with Crippen molar-refractivity contribution in [1.29, 1.82) is 0 Å². The van der Waals surface area contributed by atoms with Gasteiger partial charge in [0.05, 0.1) is 6.33 Å². The molecule has 7 nitrogen and oxygen atoms in total. The van der Waals surface area contributed by atoms with E-state index in [4.69, 9.17) is 15.7 Å². The van der Waals surface area contributed by atoms with Crippen LogP contribution in [0.25, 0.3) is 11.2 Å². The van der Waals surface area contributed by atoms with Gasteiger partial charge in [-0.15, -0.1) is 0 Å². The molecule has 0 amide bonds. The van der Waals surface area contributed by atoms with Gasteiger partial charge in [0, 0.05) is 23.8 Å². The largest absolute Gasteiger partial charge is 0.351 e. The molecule has 1 aromatic carbocycles. The molecule has 0 spiro atoms. The lowest BCUT2D eigenvalue weighted by atomic mass is 9.92. The number of benzene rings is 1. The Morgan fingerprint density at radius 3 is 2.61 bits per heavy atom. The van der Waals surface area contributed by atoms with E-state index in [0.717, 1.165) is 54.8 Å². The molecule has 0 radical (unpaired) electrons. The first-order valence-electron chi connectivity index (χ1n) is 10.2. The molecule has 1 saturated carbocycles. The maximum absolute atomic E-state index is 6.05. The first-order chi connectivity index (χ1) is 13.6. The van der Waals surface area contributed by atoms with Crippen LogP contribution in [0.5, 0.6) is 0 Å². The van der Waals surface area contributed by atoms with Crippen LogP contribution in [-0.2, 0) is 0 Å². The van der Waals surface area contributed by atoms with Crippen LogP contribution in [0.3, 0.4) is 0 Å². The van der Waals surface area contributed by atoms with E-state index in [0.29, 0.717) is 24.1 Å². The molecule has 1 unspecified atom stereocenters. The molecular formula is C21H29N7. The van der Waals surface area contributed by atoms with Crippen molar-refractivity contribution in [1.82, 2.24) is 19.5 Å². The number of fused-ring (bicyclic) bond motifs is 1. The lowest BCUT2D eigenvalue weighted by Crippen LogP contribution is -2.33. The number of nitrogens with one attached hydrogen (secondary N) is 2. The molecular weight excluding hydrogens is 350 g/mol. The molecule has 3 aromatic rings. The maximum Gasteiger partial charge on any atom is 0.227 e. The predicted molar refractivity (Wildman–Crippen MR) is 114 cm³/mol. The summed E-state index contributed by atoms with van der Waals surface area (Å²) in [5, 5.41) is 6.95. The molecule has 0 saturated heterocycles. The smallest absolute Gasteiger partial charge is 0.227 e. The molecule has 4 N–H and O–H groups in total. The van der Waals surface area contributed by atoms with Crippen LogP contribution >= 0.6 is 0 Å². The van der Waals surface area contributed by atoms with Crippen LogP contribution < -0.4 is 16.4 Å². The van der Waals surface area contributed by atoms with Gasteiger partial charge in [-0.3, -0.25) is 0 Å². The minimum absolute atomic E-state index is 0.323. The number of anilines is 3. The molecule has 0 aliphatic heterocycles. The summed E-state index contributed by atoms with van der Waals surface area (Å²) in [5.74, 6) is 1.38. The van der Waals surface area contributed by atoms with Crippen molar-refractivity contribution in [2.75, 3.05) is 10.6 Å².